The number of aromatic nitrogens is 1. The Morgan fingerprint density at radius 1 is 1.21 bits per heavy atom. The van der Waals surface area contributed by atoms with Gasteiger partial charge in [-0.3, -0.25) is 4.72 Å². The lowest BCUT2D eigenvalue weighted by Crippen LogP contribution is -2.28. The zero-order valence-electron chi connectivity index (χ0n) is 18.8. The topological polar surface area (TPSA) is 90.0 Å². The van der Waals surface area contributed by atoms with E-state index in [2.05, 4.69) is 14.6 Å². The van der Waals surface area contributed by atoms with E-state index in [1.807, 2.05) is 25.2 Å². The Kier molecular flexibility index (Phi) is 5.91. The zero-order chi connectivity index (χ0) is 23.9. The first kappa shape index (κ1) is 22.6. The van der Waals surface area contributed by atoms with Crippen LogP contribution in [0.1, 0.15) is 16.7 Å². The van der Waals surface area contributed by atoms with Gasteiger partial charge in [-0.1, -0.05) is 23.7 Å². The molecule has 0 saturated heterocycles. The largest absolute Gasteiger partial charge is 0.490 e. The van der Waals surface area contributed by atoms with Crippen molar-refractivity contribution < 1.29 is 22.6 Å². The van der Waals surface area contributed by atoms with Gasteiger partial charge in [-0.2, -0.15) is 0 Å². The number of benzene rings is 2. The quantitative estimate of drug-likeness (QED) is 0.541. The second-order valence-electron chi connectivity index (χ2n) is 8.22. The molecule has 0 aliphatic carbocycles. The first-order chi connectivity index (χ1) is 16.3. The summed E-state index contributed by atoms with van der Waals surface area (Å²) in [7, 11) is -1.96. The molecule has 3 heterocycles. The number of nitrogens with zero attached hydrogens (tertiary/aromatic N) is 2. The molecule has 3 aromatic rings. The highest BCUT2D eigenvalue weighted by Gasteiger charge is 2.27. The van der Waals surface area contributed by atoms with Crippen molar-refractivity contribution in [3.8, 4) is 17.4 Å². The molecule has 2 aliphatic rings. The number of rotatable bonds is 6. The summed E-state index contributed by atoms with van der Waals surface area (Å²) < 4.78 is 46.6. The van der Waals surface area contributed by atoms with E-state index < -0.39 is 10.0 Å². The predicted octanol–water partition coefficient (Wildman–Crippen LogP) is 4.19. The second-order valence-corrected chi connectivity index (χ2v) is 10.3. The van der Waals surface area contributed by atoms with Crippen molar-refractivity contribution in [2.24, 2.45) is 0 Å². The Bertz CT molecular complexity index is 1360. The van der Waals surface area contributed by atoms with Crippen LogP contribution < -0.4 is 23.8 Å². The van der Waals surface area contributed by atoms with Gasteiger partial charge in [0.2, 0.25) is 5.88 Å². The third-order valence-electron chi connectivity index (χ3n) is 5.93. The zero-order valence-corrected chi connectivity index (χ0v) is 20.4. The van der Waals surface area contributed by atoms with Crippen molar-refractivity contribution in [2.75, 3.05) is 36.4 Å². The summed E-state index contributed by atoms with van der Waals surface area (Å²) in [5.41, 5.74) is 3.35. The molecule has 2 aromatic carbocycles. The Morgan fingerprint density at radius 2 is 2.06 bits per heavy atom. The van der Waals surface area contributed by atoms with E-state index in [0.717, 1.165) is 29.1 Å². The number of nitrogens with one attached hydrogen (secondary N) is 1. The fourth-order valence-corrected chi connectivity index (χ4v) is 5.59. The summed E-state index contributed by atoms with van der Waals surface area (Å²) in [6.07, 6.45) is 2.30. The lowest BCUT2D eigenvalue weighted by atomic mass is 10.1. The number of likely N-dealkylation sites (N-methyl/N-ethyl adjacent to an activating group) is 1. The molecular formula is C24H24ClN3O5S. The molecular weight excluding hydrogens is 478 g/mol. The van der Waals surface area contributed by atoms with E-state index in [0.29, 0.717) is 36.0 Å². The van der Waals surface area contributed by atoms with Crippen molar-refractivity contribution in [1.82, 2.24) is 4.98 Å². The van der Waals surface area contributed by atoms with Gasteiger partial charge in [0.25, 0.3) is 10.0 Å². The van der Waals surface area contributed by atoms with E-state index in [-0.39, 0.29) is 23.1 Å². The van der Waals surface area contributed by atoms with Crippen LogP contribution in [0.15, 0.2) is 47.5 Å². The van der Waals surface area contributed by atoms with Crippen LogP contribution in [0.5, 0.6) is 17.4 Å². The molecule has 1 aromatic heterocycles. The van der Waals surface area contributed by atoms with E-state index in [9.17, 15) is 8.42 Å². The minimum atomic E-state index is -3.97. The van der Waals surface area contributed by atoms with Crippen molar-refractivity contribution in [3.05, 3.63) is 64.3 Å². The third-order valence-corrected chi connectivity index (χ3v) is 7.83. The number of hydrogen-bond donors (Lipinski definition) is 1. The molecule has 0 saturated carbocycles. The summed E-state index contributed by atoms with van der Waals surface area (Å²) in [4.78, 5) is 6.60. The maximum Gasteiger partial charge on any atom is 0.262 e. The summed E-state index contributed by atoms with van der Waals surface area (Å²) in [5.74, 6) is 1.41. The molecule has 0 atom stereocenters. The molecule has 1 N–H and O–H groups in total. The van der Waals surface area contributed by atoms with Crippen LogP contribution in [-0.4, -0.2) is 40.2 Å². The van der Waals surface area contributed by atoms with Crippen molar-refractivity contribution in [1.29, 1.82) is 0 Å². The second kappa shape index (κ2) is 8.88. The highest BCUT2D eigenvalue weighted by molar-refractivity contribution is 7.92. The molecule has 5 rings (SSSR count). The molecule has 0 spiro atoms. The van der Waals surface area contributed by atoms with Crippen LogP contribution in [-0.2, 0) is 23.1 Å². The summed E-state index contributed by atoms with van der Waals surface area (Å²) in [6.45, 7) is 3.75. The summed E-state index contributed by atoms with van der Waals surface area (Å²) in [6, 6.07) is 10.6. The van der Waals surface area contributed by atoms with Gasteiger partial charge in [0.05, 0.1) is 23.7 Å². The lowest BCUT2D eigenvalue weighted by Gasteiger charge is -2.28. The molecule has 2 aliphatic heterocycles. The number of hydrogen-bond acceptors (Lipinski definition) is 7. The van der Waals surface area contributed by atoms with Crippen LogP contribution in [0.2, 0.25) is 5.02 Å². The summed E-state index contributed by atoms with van der Waals surface area (Å²) >= 11 is 6.16. The Hall–Kier alpha value is -3.17. The fourth-order valence-electron chi connectivity index (χ4n) is 4.03. The number of pyridine rings is 1. The molecule has 178 valence electrons. The van der Waals surface area contributed by atoms with Gasteiger partial charge in [-0.15, -0.1) is 0 Å². The predicted molar refractivity (Wildman–Crippen MR) is 130 cm³/mol. The average molecular weight is 502 g/mol. The molecule has 10 heteroatoms. The normalized spacial score (nSPS) is 14.6. The van der Waals surface area contributed by atoms with Gasteiger partial charge in [0.1, 0.15) is 19.0 Å². The van der Waals surface area contributed by atoms with Gasteiger partial charge in [0.15, 0.2) is 11.4 Å². The lowest BCUT2D eigenvalue weighted by molar-refractivity contribution is 0.291. The van der Waals surface area contributed by atoms with Crippen LogP contribution in [0.25, 0.3) is 0 Å². The van der Waals surface area contributed by atoms with Gasteiger partial charge in [-0.05, 0) is 42.3 Å². The van der Waals surface area contributed by atoms with Crippen LogP contribution in [0.3, 0.4) is 0 Å². The van der Waals surface area contributed by atoms with Crippen LogP contribution in [0.4, 0.5) is 11.4 Å². The molecule has 0 unspecified atom stereocenters. The van der Waals surface area contributed by atoms with Gasteiger partial charge in [-0.25, -0.2) is 13.4 Å². The number of anilines is 2. The third kappa shape index (κ3) is 4.21. The highest BCUT2D eigenvalue weighted by Crippen LogP contribution is 2.41. The standard InChI is InChI=1S/C24H24ClN3O5S/c1-15-18(25)4-3-5-21(15)34(29,30)27-22-23-17(8-10-32-23)13-26-24(22)33-14-16-6-7-20-19(12-16)28(2)9-11-31-20/h3-7,12-13,27H,8-11,14H2,1-2H3. The van der Waals surface area contributed by atoms with E-state index >= 15 is 0 Å². The van der Waals surface area contributed by atoms with Crippen LogP contribution >= 0.6 is 11.6 Å². The minimum absolute atomic E-state index is 0.0827. The Morgan fingerprint density at radius 3 is 2.91 bits per heavy atom. The molecule has 8 nitrogen and oxygen atoms in total. The number of halogens is 1. The monoisotopic (exact) mass is 501 g/mol. The van der Waals surface area contributed by atoms with Gasteiger partial charge < -0.3 is 19.1 Å². The first-order valence-electron chi connectivity index (χ1n) is 10.9. The van der Waals surface area contributed by atoms with E-state index in [1.54, 1.807) is 25.3 Å². The minimum Gasteiger partial charge on any atom is -0.490 e. The molecule has 34 heavy (non-hydrogen) atoms. The van der Waals surface area contributed by atoms with Crippen molar-refractivity contribution in [2.45, 2.75) is 24.8 Å². The SMILES string of the molecule is Cc1c(Cl)cccc1S(=O)(=O)Nc1c(OCc2ccc3c(c2)N(C)CCO3)ncc2c1OCC2. The number of ether oxygens (including phenoxy) is 3. The maximum atomic E-state index is 13.3. The molecule has 0 bridgehead atoms. The van der Waals surface area contributed by atoms with Gasteiger partial charge in [0, 0.05) is 30.3 Å². The average Bonchev–Trinajstić information content (AvgIpc) is 3.30. The van der Waals surface area contributed by atoms with Crippen LogP contribution in [0, 0.1) is 6.92 Å². The molecule has 0 amide bonds. The van der Waals surface area contributed by atoms with E-state index in [1.165, 1.54) is 6.07 Å². The fraction of sp³-hybridized carbons (Fsp3) is 0.292. The Balaban J connectivity index is 1.45. The Labute approximate surface area is 203 Å². The maximum absolute atomic E-state index is 13.3. The first-order valence-corrected chi connectivity index (χ1v) is 12.7. The highest BCUT2D eigenvalue weighted by atomic mass is 35.5. The van der Waals surface area contributed by atoms with E-state index in [4.69, 9.17) is 25.8 Å². The summed E-state index contributed by atoms with van der Waals surface area (Å²) in [5, 5.41) is 0.369. The number of fused-ring (bicyclic) bond motifs is 2. The van der Waals surface area contributed by atoms with Crippen molar-refractivity contribution >= 4 is 33.0 Å². The molecule has 0 radical (unpaired) electrons. The molecule has 0 fully saturated rings. The van der Waals surface area contributed by atoms with Crippen molar-refractivity contribution in [3.63, 3.8) is 0 Å². The van der Waals surface area contributed by atoms with Gasteiger partial charge >= 0.3 is 0 Å². The number of sulfonamides is 1. The smallest absolute Gasteiger partial charge is 0.262 e.